The first-order chi connectivity index (χ1) is 13.7. The van der Waals surface area contributed by atoms with Crippen molar-refractivity contribution in [1.29, 1.82) is 0 Å². The van der Waals surface area contributed by atoms with Gasteiger partial charge in [0.05, 0.1) is 12.5 Å². The molecule has 0 radical (unpaired) electrons. The predicted molar refractivity (Wildman–Crippen MR) is 114 cm³/mol. The quantitative estimate of drug-likeness (QED) is 0.654. The van der Waals surface area contributed by atoms with Gasteiger partial charge in [0, 0.05) is 12.0 Å². The molecule has 2 unspecified atom stereocenters. The van der Waals surface area contributed by atoms with E-state index in [9.17, 15) is 9.90 Å². The van der Waals surface area contributed by atoms with Gasteiger partial charge in [-0.3, -0.25) is 4.79 Å². The highest BCUT2D eigenvalue weighted by atomic mass is 16.5. The van der Waals surface area contributed by atoms with Crippen molar-refractivity contribution in [2.24, 2.45) is 0 Å². The van der Waals surface area contributed by atoms with E-state index in [1.165, 1.54) is 56.9 Å². The van der Waals surface area contributed by atoms with Crippen LogP contribution < -0.4 is 0 Å². The van der Waals surface area contributed by atoms with Gasteiger partial charge in [-0.15, -0.1) is 0 Å². The van der Waals surface area contributed by atoms with Crippen LogP contribution in [0.25, 0.3) is 5.57 Å². The Hall–Kier alpha value is -1.87. The molecule has 1 aliphatic carbocycles. The molecule has 1 fully saturated rings. The van der Waals surface area contributed by atoms with Gasteiger partial charge in [0.15, 0.2) is 0 Å². The van der Waals surface area contributed by atoms with Crippen LogP contribution in [0.4, 0.5) is 0 Å². The molecule has 3 heteroatoms. The molecule has 1 aromatic carbocycles. The molecular formula is C25H34O3. The Bertz CT molecular complexity index is 674. The summed E-state index contributed by atoms with van der Waals surface area (Å²) in [6.45, 7) is 0. The van der Waals surface area contributed by atoms with E-state index in [0.717, 1.165) is 24.0 Å². The lowest BCUT2D eigenvalue weighted by molar-refractivity contribution is -0.155. The van der Waals surface area contributed by atoms with Crippen molar-refractivity contribution in [2.75, 3.05) is 0 Å². The molecular weight excluding hydrogens is 348 g/mol. The summed E-state index contributed by atoms with van der Waals surface area (Å²) in [5.74, 6) is -0.307. The topological polar surface area (TPSA) is 46.5 Å². The molecule has 2 aliphatic rings. The minimum absolute atomic E-state index is 0.0985. The van der Waals surface area contributed by atoms with E-state index < -0.39 is 6.10 Å². The first kappa shape index (κ1) is 20.9. The summed E-state index contributed by atoms with van der Waals surface area (Å²) in [5, 5.41) is 10.1. The van der Waals surface area contributed by atoms with Crippen LogP contribution in [-0.4, -0.2) is 23.3 Å². The molecule has 28 heavy (non-hydrogen) atoms. The molecule has 3 nitrogen and oxygen atoms in total. The fraction of sp³-hybridized carbons (Fsp3) is 0.560. The third kappa shape index (κ3) is 6.63. The van der Waals surface area contributed by atoms with Crippen LogP contribution in [0.15, 0.2) is 48.1 Å². The van der Waals surface area contributed by atoms with E-state index in [1.54, 1.807) is 0 Å². The average molecular weight is 383 g/mol. The van der Waals surface area contributed by atoms with Gasteiger partial charge in [-0.05, 0) is 31.2 Å². The SMILES string of the molecule is O=C1CC(O)CC(C(=CC2=CCCCCCCCCCC2)c2ccccc2)O1. The largest absolute Gasteiger partial charge is 0.457 e. The molecule has 0 spiro atoms. The molecule has 0 aromatic heterocycles. The zero-order chi connectivity index (χ0) is 19.6. The van der Waals surface area contributed by atoms with Crippen LogP contribution in [0.1, 0.15) is 82.6 Å². The van der Waals surface area contributed by atoms with Gasteiger partial charge < -0.3 is 9.84 Å². The summed E-state index contributed by atoms with van der Waals surface area (Å²) >= 11 is 0. The number of benzene rings is 1. The van der Waals surface area contributed by atoms with E-state index >= 15 is 0 Å². The minimum atomic E-state index is -0.622. The molecule has 0 bridgehead atoms. The van der Waals surface area contributed by atoms with E-state index in [0.29, 0.717) is 6.42 Å². The highest BCUT2D eigenvalue weighted by molar-refractivity contribution is 5.77. The third-order valence-electron chi connectivity index (χ3n) is 5.78. The number of ether oxygens (including phenoxy) is 1. The second-order valence-electron chi connectivity index (χ2n) is 8.18. The second-order valence-corrected chi connectivity index (χ2v) is 8.18. The van der Waals surface area contributed by atoms with E-state index in [4.69, 9.17) is 4.74 Å². The summed E-state index contributed by atoms with van der Waals surface area (Å²) in [4.78, 5) is 11.9. The van der Waals surface area contributed by atoms with E-state index in [2.05, 4.69) is 24.3 Å². The van der Waals surface area contributed by atoms with E-state index in [-0.39, 0.29) is 18.5 Å². The Morgan fingerprint density at radius 3 is 2.36 bits per heavy atom. The highest BCUT2D eigenvalue weighted by Crippen LogP contribution is 2.31. The number of aliphatic hydroxyl groups is 1. The van der Waals surface area contributed by atoms with Crippen LogP contribution in [0, 0.1) is 0 Å². The maximum atomic E-state index is 11.9. The number of aliphatic hydroxyl groups excluding tert-OH is 1. The number of hydrogen-bond acceptors (Lipinski definition) is 3. The lowest BCUT2D eigenvalue weighted by atomic mass is 9.90. The van der Waals surface area contributed by atoms with Gasteiger partial charge in [-0.25, -0.2) is 0 Å². The first-order valence-corrected chi connectivity index (χ1v) is 11.1. The average Bonchev–Trinajstić information content (AvgIpc) is 2.67. The molecule has 1 N–H and O–H groups in total. The maximum Gasteiger partial charge on any atom is 0.309 e. The number of esters is 1. The van der Waals surface area contributed by atoms with Crippen LogP contribution >= 0.6 is 0 Å². The summed E-state index contributed by atoms with van der Waals surface area (Å²) in [6.07, 6.45) is 16.8. The number of carbonyl (C=O) groups excluding carboxylic acids is 1. The monoisotopic (exact) mass is 382 g/mol. The van der Waals surface area contributed by atoms with Crippen molar-refractivity contribution in [3.63, 3.8) is 0 Å². The molecule has 0 saturated carbocycles. The van der Waals surface area contributed by atoms with Gasteiger partial charge in [-0.1, -0.05) is 86.6 Å². The van der Waals surface area contributed by atoms with Crippen molar-refractivity contribution in [2.45, 2.75) is 89.3 Å². The fourth-order valence-electron chi connectivity index (χ4n) is 4.22. The van der Waals surface area contributed by atoms with Crippen molar-refractivity contribution < 1.29 is 14.6 Å². The van der Waals surface area contributed by atoms with Crippen molar-refractivity contribution >= 4 is 11.5 Å². The molecule has 1 heterocycles. The second kappa shape index (κ2) is 11.2. The molecule has 1 aromatic rings. The zero-order valence-electron chi connectivity index (χ0n) is 16.9. The van der Waals surface area contributed by atoms with Crippen LogP contribution in [0.5, 0.6) is 0 Å². The molecule has 1 saturated heterocycles. The number of hydrogen-bond donors (Lipinski definition) is 1. The van der Waals surface area contributed by atoms with Crippen LogP contribution in [0.3, 0.4) is 0 Å². The number of cyclic esters (lactones) is 1. The summed E-state index contributed by atoms with van der Waals surface area (Å²) < 4.78 is 5.66. The predicted octanol–water partition coefficient (Wildman–Crippen LogP) is 5.98. The standard InChI is InChI=1S/C25H34O3/c26-22-18-24(28-25(27)19-22)23(21-15-11-8-12-16-21)17-20-13-9-6-4-2-1-3-5-7-10-14-20/h8,11-13,15-17,22,24,26H,1-7,9-10,14,18-19H2. The molecule has 3 rings (SSSR count). The van der Waals surface area contributed by atoms with Crippen LogP contribution in [0.2, 0.25) is 0 Å². The lowest BCUT2D eigenvalue weighted by Gasteiger charge is -2.28. The first-order valence-electron chi connectivity index (χ1n) is 11.1. The normalized spacial score (nSPS) is 25.8. The molecule has 0 amide bonds. The van der Waals surface area contributed by atoms with Crippen LogP contribution in [-0.2, 0) is 9.53 Å². The van der Waals surface area contributed by atoms with Gasteiger partial charge in [-0.2, -0.15) is 0 Å². The maximum absolute atomic E-state index is 11.9. The van der Waals surface area contributed by atoms with Crippen molar-refractivity contribution in [1.82, 2.24) is 0 Å². The number of carbonyl (C=O) groups is 1. The third-order valence-corrected chi connectivity index (χ3v) is 5.78. The molecule has 1 aliphatic heterocycles. The van der Waals surface area contributed by atoms with E-state index in [1.807, 2.05) is 18.2 Å². The van der Waals surface area contributed by atoms with Crippen molar-refractivity contribution in [3.05, 3.63) is 53.6 Å². The van der Waals surface area contributed by atoms with Gasteiger partial charge >= 0.3 is 5.97 Å². The summed E-state index contributed by atoms with van der Waals surface area (Å²) in [5.41, 5.74) is 3.43. The number of rotatable bonds is 3. The number of allylic oxidation sites excluding steroid dienone is 3. The minimum Gasteiger partial charge on any atom is -0.457 e. The van der Waals surface area contributed by atoms with Gasteiger partial charge in [0.1, 0.15) is 6.10 Å². The lowest BCUT2D eigenvalue weighted by Crippen LogP contribution is -2.33. The Balaban J connectivity index is 1.85. The Morgan fingerprint density at radius 1 is 0.964 bits per heavy atom. The van der Waals surface area contributed by atoms with Gasteiger partial charge in [0.2, 0.25) is 0 Å². The molecule has 2 atom stereocenters. The van der Waals surface area contributed by atoms with Crippen molar-refractivity contribution in [3.8, 4) is 0 Å². The Morgan fingerprint density at radius 2 is 1.64 bits per heavy atom. The van der Waals surface area contributed by atoms with Gasteiger partial charge in [0.25, 0.3) is 0 Å². The summed E-state index contributed by atoms with van der Waals surface area (Å²) in [6, 6.07) is 10.2. The Labute approximate surface area is 169 Å². The zero-order valence-corrected chi connectivity index (χ0v) is 16.9. The smallest absolute Gasteiger partial charge is 0.309 e. The molecule has 152 valence electrons. The Kier molecular flexibility index (Phi) is 8.35. The summed E-state index contributed by atoms with van der Waals surface area (Å²) in [7, 11) is 0. The fourth-order valence-corrected chi connectivity index (χ4v) is 4.22. The highest BCUT2D eigenvalue weighted by Gasteiger charge is 2.30.